The van der Waals surface area contributed by atoms with Gasteiger partial charge in [0.1, 0.15) is 0 Å². The highest BCUT2D eigenvalue weighted by molar-refractivity contribution is 5.72. The van der Waals surface area contributed by atoms with Crippen molar-refractivity contribution in [3.8, 4) is 0 Å². The highest BCUT2D eigenvalue weighted by atomic mass is 16.5. The minimum Gasteiger partial charge on any atom is -0.479 e. The van der Waals surface area contributed by atoms with E-state index in [0.29, 0.717) is 18.9 Å². The highest BCUT2D eigenvalue weighted by Crippen LogP contribution is 2.11. The summed E-state index contributed by atoms with van der Waals surface area (Å²) in [6, 6.07) is 0. The van der Waals surface area contributed by atoms with Crippen molar-refractivity contribution in [2.24, 2.45) is 5.92 Å². The van der Waals surface area contributed by atoms with Gasteiger partial charge in [0, 0.05) is 19.7 Å². The lowest BCUT2D eigenvalue weighted by Gasteiger charge is -2.26. The van der Waals surface area contributed by atoms with Crippen molar-refractivity contribution in [2.75, 3.05) is 26.2 Å². The Morgan fingerprint density at radius 1 is 1.22 bits per heavy atom. The first kappa shape index (κ1) is 17.4. The van der Waals surface area contributed by atoms with Crippen LogP contribution in [0.15, 0.2) is 0 Å². The molecule has 0 spiro atoms. The van der Waals surface area contributed by atoms with E-state index in [1.54, 1.807) is 0 Å². The smallest absolute Gasteiger partial charge is 0.332 e. The predicted molar refractivity (Wildman–Crippen MR) is 73.9 cm³/mol. The van der Waals surface area contributed by atoms with Crippen LogP contribution in [0.5, 0.6) is 0 Å². The van der Waals surface area contributed by atoms with Crippen LogP contribution in [0, 0.1) is 5.92 Å². The second-order valence-electron chi connectivity index (χ2n) is 4.65. The maximum Gasteiger partial charge on any atom is 0.332 e. The maximum absolute atomic E-state index is 11.0. The zero-order valence-corrected chi connectivity index (χ0v) is 12.3. The molecule has 4 heteroatoms. The van der Waals surface area contributed by atoms with Crippen LogP contribution in [0.4, 0.5) is 0 Å². The van der Waals surface area contributed by atoms with E-state index in [-0.39, 0.29) is 0 Å². The molecule has 0 aromatic carbocycles. The minimum atomic E-state index is -0.851. The molecule has 0 aromatic rings. The Balaban J connectivity index is 4.14. The molecule has 0 rings (SSSR count). The number of carboxylic acids is 1. The van der Waals surface area contributed by atoms with Crippen molar-refractivity contribution < 1.29 is 14.6 Å². The molecule has 0 aliphatic heterocycles. The first-order chi connectivity index (χ1) is 8.58. The third-order valence-electron chi connectivity index (χ3n) is 3.47. The molecular weight excluding hydrogens is 230 g/mol. The van der Waals surface area contributed by atoms with Crippen molar-refractivity contribution in [1.29, 1.82) is 0 Å². The zero-order chi connectivity index (χ0) is 14.0. The van der Waals surface area contributed by atoms with Crippen LogP contribution in [0.1, 0.15) is 47.0 Å². The number of hydrogen-bond acceptors (Lipinski definition) is 3. The van der Waals surface area contributed by atoms with Gasteiger partial charge in [0.25, 0.3) is 0 Å². The van der Waals surface area contributed by atoms with E-state index in [1.165, 1.54) is 12.8 Å². The fourth-order valence-corrected chi connectivity index (χ4v) is 2.07. The number of carboxylic acid groups (broad SMARTS) is 1. The maximum atomic E-state index is 11.0. The molecule has 0 saturated carbocycles. The SMILES string of the molecule is CCOC(CCN(CC)CC(CC)CC)C(=O)O. The van der Waals surface area contributed by atoms with Crippen molar-refractivity contribution in [3.63, 3.8) is 0 Å². The quantitative estimate of drug-likeness (QED) is 0.619. The van der Waals surface area contributed by atoms with Gasteiger partial charge in [-0.2, -0.15) is 0 Å². The van der Waals surface area contributed by atoms with Gasteiger partial charge in [-0.05, 0) is 25.8 Å². The van der Waals surface area contributed by atoms with Gasteiger partial charge in [-0.15, -0.1) is 0 Å². The van der Waals surface area contributed by atoms with Crippen LogP contribution in [-0.4, -0.2) is 48.3 Å². The Morgan fingerprint density at radius 2 is 1.83 bits per heavy atom. The van der Waals surface area contributed by atoms with Crippen LogP contribution < -0.4 is 0 Å². The van der Waals surface area contributed by atoms with Gasteiger partial charge < -0.3 is 14.7 Å². The third kappa shape index (κ3) is 6.97. The number of ether oxygens (including phenoxy) is 1. The van der Waals surface area contributed by atoms with Gasteiger partial charge in [0.15, 0.2) is 6.10 Å². The third-order valence-corrected chi connectivity index (χ3v) is 3.47. The highest BCUT2D eigenvalue weighted by Gasteiger charge is 2.19. The molecule has 0 bridgehead atoms. The number of nitrogens with zero attached hydrogens (tertiary/aromatic N) is 1. The molecule has 0 aliphatic carbocycles. The van der Waals surface area contributed by atoms with E-state index in [2.05, 4.69) is 25.7 Å². The average molecular weight is 259 g/mol. The van der Waals surface area contributed by atoms with Crippen molar-refractivity contribution >= 4 is 5.97 Å². The Hall–Kier alpha value is -0.610. The van der Waals surface area contributed by atoms with Crippen molar-refractivity contribution in [2.45, 2.75) is 53.1 Å². The minimum absolute atomic E-state index is 0.454. The van der Waals surface area contributed by atoms with Crippen LogP contribution in [0.3, 0.4) is 0 Å². The molecule has 0 heterocycles. The molecule has 108 valence electrons. The Bertz CT molecular complexity index is 217. The van der Waals surface area contributed by atoms with Gasteiger partial charge >= 0.3 is 5.97 Å². The molecule has 0 radical (unpaired) electrons. The fraction of sp³-hybridized carbons (Fsp3) is 0.929. The molecule has 0 fully saturated rings. The van der Waals surface area contributed by atoms with Crippen molar-refractivity contribution in [1.82, 2.24) is 4.90 Å². The second-order valence-corrected chi connectivity index (χ2v) is 4.65. The predicted octanol–water partition coefficient (Wildman–Crippen LogP) is 2.62. The van der Waals surface area contributed by atoms with Gasteiger partial charge in [-0.3, -0.25) is 0 Å². The van der Waals surface area contributed by atoms with Crippen LogP contribution in [0.2, 0.25) is 0 Å². The molecule has 18 heavy (non-hydrogen) atoms. The average Bonchev–Trinajstić information content (AvgIpc) is 2.37. The fourth-order valence-electron chi connectivity index (χ4n) is 2.07. The van der Waals surface area contributed by atoms with E-state index in [9.17, 15) is 4.79 Å². The monoisotopic (exact) mass is 259 g/mol. The Labute approximate surface area is 111 Å². The number of aliphatic carboxylic acids is 1. The van der Waals surface area contributed by atoms with Gasteiger partial charge in [-0.1, -0.05) is 33.6 Å². The normalized spacial score (nSPS) is 13.2. The number of carbonyl (C=O) groups is 1. The summed E-state index contributed by atoms with van der Waals surface area (Å²) in [5.41, 5.74) is 0. The molecule has 1 N–H and O–H groups in total. The lowest BCUT2D eigenvalue weighted by molar-refractivity contribution is -0.150. The molecule has 0 aliphatic rings. The molecule has 1 atom stereocenters. The van der Waals surface area contributed by atoms with E-state index in [4.69, 9.17) is 9.84 Å². The Kier molecular flexibility index (Phi) is 9.98. The first-order valence-electron chi connectivity index (χ1n) is 7.15. The lowest BCUT2D eigenvalue weighted by atomic mass is 10.0. The molecule has 0 saturated heterocycles. The number of rotatable bonds is 11. The summed E-state index contributed by atoms with van der Waals surface area (Å²) in [6.07, 6.45) is 2.27. The summed E-state index contributed by atoms with van der Waals surface area (Å²) in [6.45, 7) is 11.7. The van der Waals surface area contributed by atoms with Gasteiger partial charge in [0.05, 0.1) is 0 Å². The summed E-state index contributed by atoms with van der Waals surface area (Å²) in [5, 5.41) is 9.02. The number of hydrogen-bond donors (Lipinski definition) is 1. The van der Waals surface area contributed by atoms with E-state index < -0.39 is 12.1 Å². The summed E-state index contributed by atoms with van der Waals surface area (Å²) in [7, 11) is 0. The first-order valence-corrected chi connectivity index (χ1v) is 7.15. The van der Waals surface area contributed by atoms with E-state index in [1.807, 2.05) is 6.92 Å². The van der Waals surface area contributed by atoms with Gasteiger partial charge in [-0.25, -0.2) is 4.79 Å². The Morgan fingerprint density at radius 3 is 2.22 bits per heavy atom. The summed E-state index contributed by atoms with van der Waals surface area (Å²) in [5.74, 6) is -0.143. The lowest BCUT2D eigenvalue weighted by Crippen LogP contribution is -2.34. The van der Waals surface area contributed by atoms with Crippen LogP contribution in [-0.2, 0) is 9.53 Å². The summed E-state index contributed by atoms with van der Waals surface area (Å²) >= 11 is 0. The summed E-state index contributed by atoms with van der Waals surface area (Å²) in [4.78, 5) is 13.3. The largest absolute Gasteiger partial charge is 0.479 e. The molecule has 0 amide bonds. The summed E-state index contributed by atoms with van der Waals surface area (Å²) < 4.78 is 5.23. The molecule has 4 nitrogen and oxygen atoms in total. The van der Waals surface area contributed by atoms with E-state index in [0.717, 1.165) is 19.6 Å². The second kappa shape index (κ2) is 10.3. The molecular formula is C14H29NO3. The molecule has 1 unspecified atom stereocenters. The molecule has 0 aromatic heterocycles. The van der Waals surface area contributed by atoms with Crippen molar-refractivity contribution in [3.05, 3.63) is 0 Å². The topological polar surface area (TPSA) is 49.8 Å². The van der Waals surface area contributed by atoms with E-state index >= 15 is 0 Å². The zero-order valence-electron chi connectivity index (χ0n) is 12.3. The standard InChI is InChI=1S/C14H29NO3/c1-5-12(6-2)11-15(7-3)10-9-13(14(16)17)18-8-4/h12-13H,5-11H2,1-4H3,(H,16,17). The van der Waals surface area contributed by atoms with Crippen LogP contribution >= 0.6 is 0 Å². The van der Waals surface area contributed by atoms with Gasteiger partial charge in [0.2, 0.25) is 0 Å². The van der Waals surface area contributed by atoms with Crippen LogP contribution in [0.25, 0.3) is 0 Å².